The molecule has 1 aromatic carbocycles. The number of rotatable bonds is 6. The van der Waals surface area contributed by atoms with E-state index in [0.717, 1.165) is 12.1 Å². The van der Waals surface area contributed by atoms with Crippen molar-refractivity contribution in [2.24, 2.45) is 5.92 Å². The molecule has 0 aromatic heterocycles. The van der Waals surface area contributed by atoms with Gasteiger partial charge in [-0.15, -0.1) is 0 Å². The molecule has 2 unspecified atom stereocenters. The van der Waals surface area contributed by atoms with Crippen LogP contribution in [0.1, 0.15) is 20.3 Å². The monoisotopic (exact) mass is 293 g/mol. The molecule has 1 rings (SSSR count). The summed E-state index contributed by atoms with van der Waals surface area (Å²) in [6, 6.07) is 2.04. The van der Waals surface area contributed by atoms with Crippen LogP contribution in [0.4, 0.5) is 8.78 Å². The summed E-state index contributed by atoms with van der Waals surface area (Å²) >= 11 is 0. The van der Waals surface area contributed by atoms with Gasteiger partial charge in [0, 0.05) is 12.6 Å². The number of hydrogen-bond donors (Lipinski definition) is 2. The number of aliphatic hydroxyl groups excluding tert-OH is 1. The van der Waals surface area contributed by atoms with Crippen molar-refractivity contribution in [1.29, 1.82) is 0 Å². The second kappa shape index (κ2) is 6.40. The Hall–Kier alpha value is -1.05. The Morgan fingerprint density at radius 3 is 2.26 bits per heavy atom. The molecule has 0 saturated heterocycles. The lowest BCUT2D eigenvalue weighted by Crippen LogP contribution is -2.35. The van der Waals surface area contributed by atoms with Crippen LogP contribution >= 0.6 is 0 Å². The predicted molar refractivity (Wildman–Crippen MR) is 67.0 cm³/mol. The maximum Gasteiger partial charge on any atom is 0.240 e. The molecule has 0 amide bonds. The minimum Gasteiger partial charge on any atom is -0.391 e. The molecule has 2 N–H and O–H groups in total. The Kier molecular flexibility index (Phi) is 5.39. The minimum atomic E-state index is -4.03. The lowest BCUT2D eigenvalue weighted by Gasteiger charge is -2.17. The second-order valence-electron chi connectivity index (χ2n) is 4.41. The second-order valence-corrected chi connectivity index (χ2v) is 6.18. The van der Waals surface area contributed by atoms with Crippen LogP contribution in [0.15, 0.2) is 23.1 Å². The van der Waals surface area contributed by atoms with Crippen LogP contribution in [0.25, 0.3) is 0 Å². The van der Waals surface area contributed by atoms with Crippen molar-refractivity contribution in [2.45, 2.75) is 31.3 Å². The first kappa shape index (κ1) is 16.0. The molecule has 0 radical (unpaired) electrons. The van der Waals surface area contributed by atoms with Gasteiger partial charge >= 0.3 is 0 Å². The van der Waals surface area contributed by atoms with Crippen LogP contribution in [0.3, 0.4) is 0 Å². The molecule has 0 saturated carbocycles. The molecule has 0 aliphatic carbocycles. The van der Waals surface area contributed by atoms with Crippen molar-refractivity contribution in [3.05, 3.63) is 29.8 Å². The van der Waals surface area contributed by atoms with Crippen LogP contribution in [0.5, 0.6) is 0 Å². The summed E-state index contributed by atoms with van der Waals surface area (Å²) in [6.07, 6.45) is -0.157. The molecule has 0 aliphatic heterocycles. The molecule has 0 fully saturated rings. The van der Waals surface area contributed by atoms with Gasteiger partial charge in [0.15, 0.2) is 0 Å². The molecule has 0 aliphatic rings. The quantitative estimate of drug-likeness (QED) is 0.838. The van der Waals surface area contributed by atoms with Gasteiger partial charge in [-0.1, -0.05) is 20.3 Å². The van der Waals surface area contributed by atoms with Gasteiger partial charge in [0.25, 0.3) is 0 Å². The first-order valence-corrected chi connectivity index (χ1v) is 7.38. The number of aliphatic hydroxyl groups is 1. The first-order chi connectivity index (χ1) is 8.76. The third kappa shape index (κ3) is 4.52. The molecule has 1 aromatic rings. The Labute approximate surface area is 111 Å². The van der Waals surface area contributed by atoms with Crippen molar-refractivity contribution >= 4 is 10.0 Å². The van der Waals surface area contributed by atoms with Gasteiger partial charge in [0.1, 0.15) is 11.6 Å². The zero-order chi connectivity index (χ0) is 14.6. The van der Waals surface area contributed by atoms with Gasteiger partial charge < -0.3 is 5.11 Å². The summed E-state index contributed by atoms with van der Waals surface area (Å²) in [5, 5.41) is 9.66. The van der Waals surface area contributed by atoms with Crippen molar-refractivity contribution in [2.75, 3.05) is 6.54 Å². The van der Waals surface area contributed by atoms with Gasteiger partial charge in [-0.3, -0.25) is 0 Å². The molecule has 108 valence electrons. The Morgan fingerprint density at radius 1 is 1.26 bits per heavy atom. The standard InChI is InChI=1S/C12H17F2NO3S/c1-3-8(2)12(16)7-15-19(17,18)11-5-9(13)4-10(14)6-11/h4-6,8,12,15-16H,3,7H2,1-2H3. The van der Waals surface area contributed by atoms with E-state index < -0.39 is 32.7 Å². The lowest BCUT2D eigenvalue weighted by atomic mass is 10.0. The van der Waals surface area contributed by atoms with E-state index in [1.165, 1.54) is 0 Å². The van der Waals surface area contributed by atoms with E-state index in [-0.39, 0.29) is 12.5 Å². The van der Waals surface area contributed by atoms with Crippen LogP contribution in [-0.2, 0) is 10.0 Å². The Bertz CT molecular complexity index is 514. The number of sulfonamides is 1. The fourth-order valence-corrected chi connectivity index (χ4v) is 2.53. The Morgan fingerprint density at radius 2 is 1.79 bits per heavy atom. The molecule has 2 atom stereocenters. The van der Waals surface area contributed by atoms with Crippen molar-refractivity contribution in [3.63, 3.8) is 0 Å². The highest BCUT2D eigenvalue weighted by Gasteiger charge is 2.19. The summed E-state index contributed by atoms with van der Waals surface area (Å²) in [5.41, 5.74) is 0. The summed E-state index contributed by atoms with van der Waals surface area (Å²) in [7, 11) is -4.03. The van der Waals surface area contributed by atoms with Crippen molar-refractivity contribution in [3.8, 4) is 0 Å². The van der Waals surface area contributed by atoms with Gasteiger partial charge in [0.2, 0.25) is 10.0 Å². The van der Waals surface area contributed by atoms with E-state index in [1.54, 1.807) is 6.92 Å². The number of hydrogen-bond acceptors (Lipinski definition) is 3. The SMILES string of the molecule is CCC(C)C(O)CNS(=O)(=O)c1cc(F)cc(F)c1. The molecule has 0 spiro atoms. The first-order valence-electron chi connectivity index (χ1n) is 5.90. The fourth-order valence-electron chi connectivity index (χ4n) is 1.44. The van der Waals surface area contributed by atoms with Crippen LogP contribution in [0.2, 0.25) is 0 Å². The fraction of sp³-hybridized carbons (Fsp3) is 0.500. The number of benzene rings is 1. The smallest absolute Gasteiger partial charge is 0.240 e. The third-order valence-corrected chi connectivity index (χ3v) is 4.33. The Balaban J connectivity index is 2.81. The number of nitrogens with one attached hydrogen (secondary N) is 1. The molecule has 0 bridgehead atoms. The summed E-state index contributed by atoms with van der Waals surface area (Å²) in [5.74, 6) is -2.02. The maximum absolute atomic E-state index is 13.0. The molecular weight excluding hydrogens is 276 g/mol. The normalized spacial score (nSPS) is 15.2. The van der Waals surface area contributed by atoms with Crippen LogP contribution in [0, 0.1) is 17.6 Å². The highest BCUT2D eigenvalue weighted by atomic mass is 32.2. The highest BCUT2D eigenvalue weighted by Crippen LogP contribution is 2.14. The van der Waals surface area contributed by atoms with E-state index >= 15 is 0 Å². The van der Waals surface area contributed by atoms with E-state index in [1.807, 2.05) is 6.92 Å². The molecule has 4 nitrogen and oxygen atoms in total. The summed E-state index contributed by atoms with van der Waals surface area (Å²) < 4.78 is 51.6. The zero-order valence-corrected chi connectivity index (χ0v) is 11.5. The van der Waals surface area contributed by atoms with Crippen molar-refractivity contribution in [1.82, 2.24) is 4.72 Å². The van der Waals surface area contributed by atoms with E-state index in [2.05, 4.69) is 4.72 Å². The molecule has 7 heteroatoms. The van der Waals surface area contributed by atoms with Gasteiger partial charge in [-0.2, -0.15) is 0 Å². The molecule has 19 heavy (non-hydrogen) atoms. The minimum absolute atomic E-state index is 0.0769. The van der Waals surface area contributed by atoms with Crippen LogP contribution in [-0.4, -0.2) is 26.2 Å². The summed E-state index contributed by atoms with van der Waals surface area (Å²) in [4.78, 5) is -0.499. The van der Waals surface area contributed by atoms with E-state index in [0.29, 0.717) is 12.5 Å². The topological polar surface area (TPSA) is 66.4 Å². The average Bonchev–Trinajstić information content (AvgIpc) is 2.33. The maximum atomic E-state index is 13.0. The average molecular weight is 293 g/mol. The molecular formula is C12H17F2NO3S. The number of halogens is 2. The molecule has 0 heterocycles. The zero-order valence-electron chi connectivity index (χ0n) is 10.7. The highest BCUT2D eigenvalue weighted by molar-refractivity contribution is 7.89. The van der Waals surface area contributed by atoms with Crippen LogP contribution < -0.4 is 4.72 Å². The van der Waals surface area contributed by atoms with Gasteiger partial charge in [-0.05, 0) is 18.1 Å². The van der Waals surface area contributed by atoms with Crippen molar-refractivity contribution < 1.29 is 22.3 Å². The largest absolute Gasteiger partial charge is 0.391 e. The van der Waals surface area contributed by atoms with E-state index in [4.69, 9.17) is 0 Å². The van der Waals surface area contributed by atoms with Gasteiger partial charge in [-0.25, -0.2) is 21.9 Å². The predicted octanol–water partition coefficient (Wildman–Crippen LogP) is 1.65. The van der Waals surface area contributed by atoms with E-state index in [9.17, 15) is 22.3 Å². The van der Waals surface area contributed by atoms with Gasteiger partial charge in [0.05, 0.1) is 11.0 Å². The summed E-state index contributed by atoms with van der Waals surface area (Å²) in [6.45, 7) is 3.45. The third-order valence-electron chi connectivity index (χ3n) is 2.93. The lowest BCUT2D eigenvalue weighted by molar-refractivity contribution is 0.118.